The molecule has 0 aliphatic heterocycles. The largest absolute Gasteiger partial charge is 0.159 e. The molecule has 1 heterocycles. The topological polar surface area (TPSA) is 25.8 Å². The zero-order chi connectivity index (χ0) is 13.8. The first-order chi connectivity index (χ1) is 10.4. The first kappa shape index (κ1) is 11.0. The van der Waals surface area contributed by atoms with Crippen molar-refractivity contribution in [2.45, 2.75) is 6.42 Å². The van der Waals surface area contributed by atoms with Crippen molar-refractivity contribution in [2.75, 3.05) is 0 Å². The van der Waals surface area contributed by atoms with Crippen LogP contribution in [-0.2, 0) is 6.42 Å². The number of aromatic nitrogens is 2. The van der Waals surface area contributed by atoms with E-state index in [1.165, 1.54) is 38.2 Å². The van der Waals surface area contributed by atoms with Crippen molar-refractivity contribution in [3.63, 3.8) is 0 Å². The van der Waals surface area contributed by atoms with Gasteiger partial charge in [0.15, 0.2) is 0 Å². The summed E-state index contributed by atoms with van der Waals surface area (Å²) in [5.74, 6) is 0. The lowest BCUT2D eigenvalue weighted by atomic mass is 9.84. The Labute approximate surface area is 122 Å². The Hall–Kier alpha value is -2.74. The van der Waals surface area contributed by atoms with Gasteiger partial charge in [0.1, 0.15) is 0 Å². The molecule has 0 N–H and O–H groups in total. The predicted molar refractivity (Wildman–Crippen MR) is 85.3 cm³/mol. The van der Waals surface area contributed by atoms with Gasteiger partial charge in [-0.2, -0.15) is 10.2 Å². The Morgan fingerprint density at radius 1 is 0.810 bits per heavy atom. The molecule has 2 nitrogen and oxygen atoms in total. The molecule has 0 radical (unpaired) electrons. The van der Waals surface area contributed by atoms with Crippen molar-refractivity contribution in [1.29, 1.82) is 0 Å². The molecule has 0 spiro atoms. The third-order valence-corrected chi connectivity index (χ3v) is 4.40. The molecule has 2 heteroatoms. The van der Waals surface area contributed by atoms with E-state index in [4.69, 9.17) is 0 Å². The summed E-state index contributed by atoms with van der Waals surface area (Å²) >= 11 is 0. The standard InChI is InChI=1S/C19H12N2/c1-2-7-16-12(4-1)10-13-5-3-6-14-11-15-8-9-20-21-19(15)18(16)17(13)14/h1-10H,11H2. The molecular weight excluding hydrogens is 256 g/mol. The summed E-state index contributed by atoms with van der Waals surface area (Å²) in [5.41, 5.74) is 4.93. The fourth-order valence-corrected chi connectivity index (χ4v) is 3.51. The van der Waals surface area contributed by atoms with Crippen LogP contribution in [0.5, 0.6) is 0 Å². The Balaban J connectivity index is 2.11. The van der Waals surface area contributed by atoms with Crippen LogP contribution < -0.4 is 0 Å². The van der Waals surface area contributed by atoms with Crippen LogP contribution in [0.15, 0.2) is 60.8 Å². The predicted octanol–water partition coefficient (Wildman–Crippen LogP) is 4.35. The molecule has 0 amide bonds. The van der Waals surface area contributed by atoms with E-state index >= 15 is 0 Å². The molecule has 0 unspecified atom stereocenters. The molecule has 5 rings (SSSR count). The fraction of sp³-hybridized carbons (Fsp3) is 0.0526. The summed E-state index contributed by atoms with van der Waals surface area (Å²) in [4.78, 5) is 0. The number of rotatable bonds is 0. The van der Waals surface area contributed by atoms with Crippen LogP contribution in [0.3, 0.4) is 0 Å². The number of nitrogens with zero attached hydrogens (tertiary/aromatic N) is 2. The average Bonchev–Trinajstić information content (AvgIpc) is 2.54. The van der Waals surface area contributed by atoms with Crippen LogP contribution in [0.2, 0.25) is 0 Å². The molecule has 4 aromatic rings. The van der Waals surface area contributed by atoms with Gasteiger partial charge in [0.25, 0.3) is 0 Å². The van der Waals surface area contributed by atoms with Gasteiger partial charge >= 0.3 is 0 Å². The highest BCUT2D eigenvalue weighted by Crippen LogP contribution is 2.42. The van der Waals surface area contributed by atoms with Gasteiger partial charge in [0.2, 0.25) is 0 Å². The van der Waals surface area contributed by atoms with E-state index < -0.39 is 0 Å². The van der Waals surface area contributed by atoms with Gasteiger partial charge in [-0.15, -0.1) is 0 Å². The summed E-state index contributed by atoms with van der Waals surface area (Å²) in [6.07, 6.45) is 2.72. The molecule has 98 valence electrons. The SMILES string of the molecule is c1ccc2c3c4c(cccc4cc2c1)Cc1ccnnc1-3. The smallest absolute Gasteiger partial charge is 0.0977 e. The Morgan fingerprint density at radius 3 is 2.71 bits per heavy atom. The Kier molecular flexibility index (Phi) is 2.03. The van der Waals surface area contributed by atoms with Gasteiger partial charge in [0.05, 0.1) is 5.69 Å². The molecule has 0 atom stereocenters. The first-order valence-electron chi connectivity index (χ1n) is 7.16. The summed E-state index contributed by atoms with van der Waals surface area (Å²) in [6.45, 7) is 0. The van der Waals surface area contributed by atoms with Gasteiger partial charge in [-0.05, 0) is 44.8 Å². The van der Waals surface area contributed by atoms with Crippen molar-refractivity contribution in [3.8, 4) is 11.3 Å². The molecule has 21 heavy (non-hydrogen) atoms. The average molecular weight is 268 g/mol. The molecule has 1 aromatic heterocycles. The Bertz CT molecular complexity index is 1020. The van der Waals surface area contributed by atoms with E-state index in [0.717, 1.165) is 12.1 Å². The molecule has 1 aliphatic rings. The van der Waals surface area contributed by atoms with Gasteiger partial charge in [-0.1, -0.05) is 42.5 Å². The molecule has 0 bridgehead atoms. The number of fused-ring (bicyclic) bond motifs is 4. The van der Waals surface area contributed by atoms with Crippen LogP contribution in [-0.4, -0.2) is 10.2 Å². The number of hydrogen-bond donors (Lipinski definition) is 0. The minimum absolute atomic E-state index is 0.938. The number of benzene rings is 3. The quantitative estimate of drug-likeness (QED) is 0.390. The minimum Gasteiger partial charge on any atom is -0.159 e. The van der Waals surface area contributed by atoms with Crippen LogP contribution in [0.4, 0.5) is 0 Å². The third-order valence-electron chi connectivity index (χ3n) is 4.40. The molecule has 1 aliphatic carbocycles. The van der Waals surface area contributed by atoms with Crippen molar-refractivity contribution >= 4 is 21.5 Å². The highest BCUT2D eigenvalue weighted by molar-refractivity contribution is 6.14. The van der Waals surface area contributed by atoms with Gasteiger partial charge < -0.3 is 0 Å². The molecular formula is C19H12N2. The normalized spacial score (nSPS) is 12.6. The van der Waals surface area contributed by atoms with Crippen LogP contribution in [0.1, 0.15) is 11.1 Å². The van der Waals surface area contributed by atoms with Crippen molar-refractivity contribution in [2.24, 2.45) is 0 Å². The highest BCUT2D eigenvalue weighted by atomic mass is 15.1. The maximum atomic E-state index is 4.44. The highest BCUT2D eigenvalue weighted by Gasteiger charge is 2.21. The summed E-state index contributed by atoms with van der Waals surface area (Å²) in [7, 11) is 0. The molecule has 0 fully saturated rings. The van der Waals surface area contributed by atoms with Gasteiger partial charge in [-0.25, -0.2) is 0 Å². The second kappa shape index (κ2) is 3.89. The zero-order valence-corrected chi connectivity index (χ0v) is 11.4. The second-order valence-corrected chi connectivity index (χ2v) is 5.57. The molecule has 0 saturated heterocycles. The second-order valence-electron chi connectivity index (χ2n) is 5.57. The van der Waals surface area contributed by atoms with Crippen molar-refractivity contribution < 1.29 is 0 Å². The molecule has 3 aromatic carbocycles. The lowest BCUT2D eigenvalue weighted by Crippen LogP contribution is -2.04. The fourth-order valence-electron chi connectivity index (χ4n) is 3.51. The van der Waals surface area contributed by atoms with E-state index in [2.05, 4.69) is 64.8 Å². The minimum atomic E-state index is 0.938. The summed E-state index contributed by atoms with van der Waals surface area (Å²) in [6, 6.07) is 19.5. The lowest BCUT2D eigenvalue weighted by molar-refractivity contribution is 1.00. The zero-order valence-electron chi connectivity index (χ0n) is 11.4. The van der Waals surface area contributed by atoms with Crippen molar-refractivity contribution in [1.82, 2.24) is 10.2 Å². The maximum Gasteiger partial charge on any atom is 0.0977 e. The van der Waals surface area contributed by atoms with E-state index in [-0.39, 0.29) is 0 Å². The lowest BCUT2D eigenvalue weighted by Gasteiger charge is -2.21. The van der Waals surface area contributed by atoms with Crippen LogP contribution in [0.25, 0.3) is 32.8 Å². The van der Waals surface area contributed by atoms with E-state index in [1.807, 2.05) is 0 Å². The van der Waals surface area contributed by atoms with Crippen LogP contribution >= 0.6 is 0 Å². The Morgan fingerprint density at radius 2 is 1.71 bits per heavy atom. The van der Waals surface area contributed by atoms with Gasteiger partial charge in [0, 0.05) is 18.2 Å². The summed E-state index contributed by atoms with van der Waals surface area (Å²) < 4.78 is 0. The molecule has 0 saturated carbocycles. The van der Waals surface area contributed by atoms with E-state index in [0.29, 0.717) is 0 Å². The summed E-state index contributed by atoms with van der Waals surface area (Å²) in [5, 5.41) is 13.7. The van der Waals surface area contributed by atoms with E-state index in [1.54, 1.807) is 6.20 Å². The third kappa shape index (κ3) is 1.42. The van der Waals surface area contributed by atoms with Gasteiger partial charge in [-0.3, -0.25) is 0 Å². The van der Waals surface area contributed by atoms with E-state index in [9.17, 15) is 0 Å². The monoisotopic (exact) mass is 268 g/mol. The maximum absolute atomic E-state index is 4.44. The van der Waals surface area contributed by atoms with Crippen LogP contribution in [0, 0.1) is 0 Å². The first-order valence-corrected chi connectivity index (χ1v) is 7.16. The number of hydrogen-bond acceptors (Lipinski definition) is 2. The van der Waals surface area contributed by atoms with Crippen molar-refractivity contribution in [3.05, 3.63) is 71.9 Å².